The minimum Gasteiger partial charge on any atom is -0.477 e. The molecule has 5 nitrogen and oxygen atoms in total. The van der Waals surface area contributed by atoms with Gasteiger partial charge in [-0.3, -0.25) is 0 Å². The van der Waals surface area contributed by atoms with Crippen LogP contribution in [0.2, 0.25) is 0 Å². The van der Waals surface area contributed by atoms with Crippen LogP contribution < -0.4 is 4.72 Å². The summed E-state index contributed by atoms with van der Waals surface area (Å²) in [6.45, 7) is 0.00289. The number of nitrogens with one attached hydrogen (secondary N) is 1. The molecule has 0 spiro atoms. The summed E-state index contributed by atoms with van der Waals surface area (Å²) in [7, 11) is -3.77. The first-order valence-corrected chi connectivity index (χ1v) is 7.76. The normalized spacial score (nSPS) is 11.4. The van der Waals surface area contributed by atoms with E-state index in [-0.39, 0.29) is 15.6 Å². The number of carboxylic acids is 1. The first-order valence-electron chi connectivity index (χ1n) is 5.46. The van der Waals surface area contributed by atoms with E-state index in [1.54, 1.807) is 0 Å². The van der Waals surface area contributed by atoms with E-state index >= 15 is 0 Å². The molecular weight excluding hydrogens is 305 g/mol. The van der Waals surface area contributed by atoms with E-state index in [9.17, 15) is 17.6 Å². The molecule has 0 amide bonds. The Morgan fingerprint density at radius 1 is 1.20 bits per heavy atom. The number of aromatic carboxylic acids is 1. The Morgan fingerprint density at radius 2 is 1.85 bits per heavy atom. The molecule has 106 valence electrons. The van der Waals surface area contributed by atoms with Crippen LogP contribution in [0.3, 0.4) is 0 Å². The Morgan fingerprint density at radius 3 is 2.40 bits per heavy atom. The summed E-state index contributed by atoms with van der Waals surface area (Å²) >= 11 is 0.676. The summed E-state index contributed by atoms with van der Waals surface area (Å²) < 4.78 is 38.9. The van der Waals surface area contributed by atoms with Gasteiger partial charge in [-0.05, 0) is 29.8 Å². The molecule has 0 radical (unpaired) electrons. The summed E-state index contributed by atoms with van der Waals surface area (Å²) in [5.74, 6) is -1.57. The van der Waals surface area contributed by atoms with E-state index in [1.807, 2.05) is 0 Å². The predicted octanol–water partition coefficient (Wildman–Crippen LogP) is 2.06. The van der Waals surface area contributed by atoms with Crippen molar-refractivity contribution in [2.75, 3.05) is 0 Å². The van der Waals surface area contributed by atoms with Gasteiger partial charge in [-0.25, -0.2) is 22.3 Å². The lowest BCUT2D eigenvalue weighted by Gasteiger charge is -2.04. The Bertz CT molecular complexity index is 722. The van der Waals surface area contributed by atoms with E-state index in [2.05, 4.69) is 4.72 Å². The maximum atomic E-state index is 12.7. The van der Waals surface area contributed by atoms with Gasteiger partial charge in [-0.2, -0.15) is 0 Å². The van der Waals surface area contributed by atoms with Gasteiger partial charge >= 0.3 is 5.97 Å². The van der Waals surface area contributed by atoms with Gasteiger partial charge in [-0.15, -0.1) is 11.3 Å². The van der Waals surface area contributed by atoms with Crippen LogP contribution >= 0.6 is 11.3 Å². The number of benzene rings is 1. The zero-order valence-electron chi connectivity index (χ0n) is 10.0. The van der Waals surface area contributed by atoms with Crippen molar-refractivity contribution in [1.82, 2.24) is 4.72 Å². The third kappa shape index (κ3) is 3.41. The summed E-state index contributed by atoms with van der Waals surface area (Å²) in [5.41, 5.74) is 0.602. The van der Waals surface area contributed by atoms with Crippen molar-refractivity contribution in [3.8, 4) is 0 Å². The molecule has 20 heavy (non-hydrogen) atoms. The fraction of sp³-hybridized carbons (Fsp3) is 0.0833. The second-order valence-electron chi connectivity index (χ2n) is 3.87. The number of carbonyl (C=O) groups is 1. The largest absolute Gasteiger partial charge is 0.477 e. The molecule has 1 aromatic heterocycles. The number of halogens is 1. The highest BCUT2D eigenvalue weighted by Gasteiger charge is 2.18. The molecule has 0 saturated carbocycles. The van der Waals surface area contributed by atoms with E-state index in [0.717, 1.165) is 0 Å². The van der Waals surface area contributed by atoms with Crippen molar-refractivity contribution in [2.24, 2.45) is 0 Å². The van der Waals surface area contributed by atoms with Crippen molar-refractivity contribution in [3.63, 3.8) is 0 Å². The fourth-order valence-corrected chi connectivity index (χ4v) is 3.64. The molecule has 0 aliphatic rings. The third-order valence-electron chi connectivity index (χ3n) is 2.44. The van der Waals surface area contributed by atoms with Gasteiger partial charge in [0.15, 0.2) is 0 Å². The van der Waals surface area contributed by atoms with Crippen LogP contribution in [0.4, 0.5) is 4.39 Å². The molecule has 0 atom stereocenters. The van der Waals surface area contributed by atoms with Gasteiger partial charge in [0, 0.05) is 6.54 Å². The van der Waals surface area contributed by atoms with E-state index in [4.69, 9.17) is 5.11 Å². The SMILES string of the molecule is O=C(O)c1ccc(S(=O)(=O)NCc2ccc(F)cc2)s1. The molecule has 2 aromatic rings. The maximum absolute atomic E-state index is 12.7. The molecule has 1 aromatic carbocycles. The molecule has 0 fully saturated rings. The number of hydrogen-bond acceptors (Lipinski definition) is 4. The molecule has 0 aliphatic heterocycles. The smallest absolute Gasteiger partial charge is 0.345 e. The highest BCUT2D eigenvalue weighted by atomic mass is 32.2. The van der Waals surface area contributed by atoms with Gasteiger partial charge in [0.25, 0.3) is 0 Å². The van der Waals surface area contributed by atoms with Crippen LogP contribution in [0.25, 0.3) is 0 Å². The van der Waals surface area contributed by atoms with Crippen molar-refractivity contribution < 1.29 is 22.7 Å². The molecule has 2 N–H and O–H groups in total. The molecule has 1 heterocycles. The van der Waals surface area contributed by atoms with Gasteiger partial charge in [0.1, 0.15) is 14.9 Å². The predicted molar refractivity (Wildman–Crippen MR) is 71.7 cm³/mol. The standard InChI is InChI=1S/C12H10FNO4S2/c13-9-3-1-8(2-4-9)7-14-20(17,18)11-6-5-10(19-11)12(15)16/h1-6,14H,7H2,(H,15,16). The average Bonchev–Trinajstić information content (AvgIpc) is 2.89. The van der Waals surface area contributed by atoms with Crippen LogP contribution in [0.1, 0.15) is 15.2 Å². The first kappa shape index (κ1) is 14.6. The highest BCUT2D eigenvalue weighted by Crippen LogP contribution is 2.21. The van der Waals surface area contributed by atoms with E-state index in [0.29, 0.717) is 16.9 Å². The average molecular weight is 315 g/mol. The third-order valence-corrected chi connectivity index (χ3v) is 5.40. The second kappa shape index (κ2) is 5.70. The molecule has 0 unspecified atom stereocenters. The lowest BCUT2D eigenvalue weighted by Crippen LogP contribution is -2.22. The zero-order chi connectivity index (χ0) is 14.8. The van der Waals surface area contributed by atoms with Gasteiger partial charge in [0.05, 0.1) is 0 Å². The zero-order valence-corrected chi connectivity index (χ0v) is 11.7. The van der Waals surface area contributed by atoms with Crippen LogP contribution in [0, 0.1) is 5.82 Å². The minimum atomic E-state index is -3.77. The molecule has 0 saturated heterocycles. The molecule has 8 heteroatoms. The van der Waals surface area contributed by atoms with Crippen LogP contribution in [-0.4, -0.2) is 19.5 Å². The highest BCUT2D eigenvalue weighted by molar-refractivity contribution is 7.91. The molecule has 0 aliphatic carbocycles. The number of sulfonamides is 1. The number of hydrogen-bond donors (Lipinski definition) is 2. The molecular formula is C12H10FNO4S2. The Labute approximate surface area is 118 Å². The lowest BCUT2D eigenvalue weighted by molar-refractivity contribution is 0.0702. The van der Waals surface area contributed by atoms with Gasteiger partial charge < -0.3 is 5.11 Å². The van der Waals surface area contributed by atoms with Gasteiger partial charge in [0.2, 0.25) is 10.0 Å². The summed E-state index contributed by atoms with van der Waals surface area (Å²) in [6, 6.07) is 7.87. The number of rotatable bonds is 5. The Kier molecular flexibility index (Phi) is 4.17. The van der Waals surface area contributed by atoms with Crippen molar-refractivity contribution in [1.29, 1.82) is 0 Å². The number of carboxylic acid groups (broad SMARTS) is 1. The first-order chi connectivity index (χ1) is 9.38. The summed E-state index contributed by atoms with van der Waals surface area (Å²) in [4.78, 5) is 10.7. The second-order valence-corrected chi connectivity index (χ2v) is 6.95. The van der Waals surface area contributed by atoms with Crippen LogP contribution in [0.15, 0.2) is 40.6 Å². The van der Waals surface area contributed by atoms with Gasteiger partial charge in [-0.1, -0.05) is 12.1 Å². The maximum Gasteiger partial charge on any atom is 0.345 e. The minimum absolute atomic E-state index is 0.00289. The Balaban J connectivity index is 2.10. The quantitative estimate of drug-likeness (QED) is 0.884. The topological polar surface area (TPSA) is 83.5 Å². The fourth-order valence-electron chi connectivity index (χ4n) is 1.43. The van der Waals surface area contributed by atoms with E-state index in [1.165, 1.54) is 36.4 Å². The lowest BCUT2D eigenvalue weighted by atomic mass is 10.2. The summed E-state index contributed by atoms with van der Waals surface area (Å²) in [5, 5.41) is 8.76. The Hall–Kier alpha value is -1.77. The van der Waals surface area contributed by atoms with Crippen molar-refractivity contribution >= 4 is 27.3 Å². The van der Waals surface area contributed by atoms with Crippen LogP contribution in [0.5, 0.6) is 0 Å². The van der Waals surface area contributed by atoms with Crippen LogP contribution in [-0.2, 0) is 16.6 Å². The monoisotopic (exact) mass is 315 g/mol. The van der Waals surface area contributed by atoms with E-state index < -0.39 is 21.8 Å². The molecule has 2 rings (SSSR count). The van der Waals surface area contributed by atoms with Crippen molar-refractivity contribution in [3.05, 3.63) is 52.7 Å². The number of thiophene rings is 1. The summed E-state index contributed by atoms with van der Waals surface area (Å²) in [6.07, 6.45) is 0. The van der Waals surface area contributed by atoms with Crippen molar-refractivity contribution in [2.45, 2.75) is 10.8 Å². The molecule has 0 bridgehead atoms.